The molecule has 19 heavy (non-hydrogen) atoms. The Labute approximate surface area is 122 Å². The molecule has 0 bridgehead atoms. The van der Waals surface area contributed by atoms with Crippen LogP contribution in [0.2, 0.25) is 0 Å². The summed E-state index contributed by atoms with van der Waals surface area (Å²) >= 11 is 1.83. The molecule has 0 aliphatic carbocycles. The first-order valence-electron chi connectivity index (χ1n) is 7.46. The minimum Gasteiger partial charge on any atom is -0.309 e. The van der Waals surface area contributed by atoms with E-state index in [-0.39, 0.29) is 5.54 Å². The molecule has 0 aromatic carbocycles. The van der Waals surface area contributed by atoms with Crippen LogP contribution in [0, 0.1) is 12.8 Å². The van der Waals surface area contributed by atoms with Gasteiger partial charge in [-0.15, -0.1) is 0 Å². The van der Waals surface area contributed by atoms with Crippen LogP contribution in [0.3, 0.4) is 0 Å². The van der Waals surface area contributed by atoms with Gasteiger partial charge in [-0.2, -0.15) is 11.3 Å². The summed E-state index contributed by atoms with van der Waals surface area (Å²) in [6.07, 6.45) is 1.19. The lowest BCUT2D eigenvalue weighted by atomic mass is 9.89. The average molecular weight is 280 g/mol. The Morgan fingerprint density at radius 2 is 2.21 bits per heavy atom. The van der Waals surface area contributed by atoms with Crippen LogP contribution in [0.15, 0.2) is 10.8 Å². The summed E-state index contributed by atoms with van der Waals surface area (Å²) in [4.78, 5) is 2.69. The van der Waals surface area contributed by atoms with Crippen LogP contribution in [0.4, 0.5) is 0 Å². The largest absolute Gasteiger partial charge is 0.309 e. The highest BCUT2D eigenvalue weighted by molar-refractivity contribution is 7.08. The Balaban J connectivity index is 2.14. The van der Waals surface area contributed by atoms with Crippen LogP contribution in [0.25, 0.3) is 0 Å². The molecule has 2 rings (SSSR count). The number of nitrogens with zero attached hydrogens (tertiary/aromatic N) is 1. The molecule has 2 unspecified atom stereocenters. The van der Waals surface area contributed by atoms with E-state index in [1.165, 1.54) is 17.5 Å². The number of nitrogens with one attached hydrogen (secondary N) is 1. The third-order valence-corrected chi connectivity index (χ3v) is 5.55. The predicted molar refractivity (Wildman–Crippen MR) is 84.8 cm³/mol. The fourth-order valence-corrected chi connectivity index (χ4v) is 3.78. The molecular weight excluding hydrogens is 252 g/mol. The van der Waals surface area contributed by atoms with Gasteiger partial charge in [0.05, 0.1) is 0 Å². The van der Waals surface area contributed by atoms with E-state index in [0.717, 1.165) is 19.6 Å². The molecule has 0 amide bonds. The molecule has 0 saturated carbocycles. The lowest BCUT2D eigenvalue weighted by molar-refractivity contribution is 0.0539. The molecule has 108 valence electrons. The summed E-state index contributed by atoms with van der Waals surface area (Å²) in [6, 6.07) is 0.652. The van der Waals surface area contributed by atoms with Gasteiger partial charge in [0.1, 0.15) is 0 Å². The fraction of sp³-hybridized carbons (Fsp3) is 0.750. The first-order chi connectivity index (χ1) is 8.95. The Morgan fingerprint density at radius 3 is 2.74 bits per heavy atom. The Hall–Kier alpha value is -0.380. The molecule has 2 nitrogen and oxygen atoms in total. The highest BCUT2D eigenvalue weighted by Crippen LogP contribution is 2.26. The van der Waals surface area contributed by atoms with Crippen molar-refractivity contribution in [1.29, 1.82) is 0 Å². The monoisotopic (exact) mass is 280 g/mol. The summed E-state index contributed by atoms with van der Waals surface area (Å²) in [5.41, 5.74) is 3.23. The Bertz CT molecular complexity index is 413. The summed E-state index contributed by atoms with van der Waals surface area (Å²) in [5, 5.41) is 8.34. The standard InChI is InChI=1S/C16H28N2S/c1-6-16(5)11-18(15(7-17-16)12(2)3)8-14-10-19-9-13(14)4/h9-10,12,15,17H,6-8,11H2,1-5H3. The predicted octanol–water partition coefficient (Wildman–Crippen LogP) is 3.66. The number of piperazine rings is 1. The van der Waals surface area contributed by atoms with Crippen molar-refractivity contribution in [3.05, 3.63) is 21.9 Å². The molecule has 1 saturated heterocycles. The van der Waals surface area contributed by atoms with Crippen LogP contribution >= 0.6 is 11.3 Å². The topological polar surface area (TPSA) is 15.3 Å². The maximum absolute atomic E-state index is 3.76. The van der Waals surface area contributed by atoms with Crippen LogP contribution in [0.5, 0.6) is 0 Å². The van der Waals surface area contributed by atoms with E-state index < -0.39 is 0 Å². The second-order valence-corrected chi connectivity index (χ2v) is 7.34. The summed E-state index contributed by atoms with van der Waals surface area (Å²) in [7, 11) is 0. The molecule has 1 aliphatic heterocycles. The van der Waals surface area contributed by atoms with Crippen LogP contribution in [-0.2, 0) is 6.54 Å². The number of aryl methyl sites for hydroxylation is 1. The fourth-order valence-electron chi connectivity index (χ4n) is 2.94. The number of thiophene rings is 1. The molecular formula is C16H28N2S. The lowest BCUT2D eigenvalue weighted by Gasteiger charge is -2.47. The van der Waals surface area contributed by atoms with Gasteiger partial charge in [-0.25, -0.2) is 0 Å². The molecule has 2 atom stereocenters. The van der Waals surface area contributed by atoms with Crippen molar-refractivity contribution in [2.75, 3.05) is 13.1 Å². The van der Waals surface area contributed by atoms with E-state index in [2.05, 4.69) is 55.6 Å². The van der Waals surface area contributed by atoms with E-state index in [1.807, 2.05) is 11.3 Å². The molecule has 1 aliphatic rings. The molecule has 3 heteroatoms. The van der Waals surface area contributed by atoms with Gasteiger partial charge in [0.2, 0.25) is 0 Å². The van der Waals surface area contributed by atoms with Gasteiger partial charge < -0.3 is 5.32 Å². The second kappa shape index (κ2) is 5.94. The third kappa shape index (κ3) is 3.39. The minimum atomic E-state index is 0.273. The van der Waals surface area contributed by atoms with Crippen molar-refractivity contribution < 1.29 is 0 Å². The molecule has 0 spiro atoms. The zero-order chi connectivity index (χ0) is 14.0. The van der Waals surface area contributed by atoms with Gasteiger partial charge >= 0.3 is 0 Å². The average Bonchev–Trinajstić information content (AvgIpc) is 2.75. The molecule has 1 fully saturated rings. The number of hydrogen-bond donors (Lipinski definition) is 1. The lowest BCUT2D eigenvalue weighted by Crippen LogP contribution is -2.63. The van der Waals surface area contributed by atoms with Gasteiger partial charge in [0.15, 0.2) is 0 Å². The first-order valence-corrected chi connectivity index (χ1v) is 8.40. The highest BCUT2D eigenvalue weighted by atomic mass is 32.1. The van der Waals surface area contributed by atoms with E-state index in [4.69, 9.17) is 0 Å². The summed E-state index contributed by atoms with van der Waals surface area (Å²) in [6.45, 7) is 14.9. The van der Waals surface area contributed by atoms with Crippen molar-refractivity contribution >= 4 is 11.3 Å². The third-order valence-electron chi connectivity index (χ3n) is 4.64. The van der Waals surface area contributed by atoms with Crippen LogP contribution in [-0.4, -0.2) is 29.6 Å². The van der Waals surface area contributed by atoms with E-state index >= 15 is 0 Å². The van der Waals surface area contributed by atoms with Crippen LogP contribution in [0.1, 0.15) is 45.2 Å². The quantitative estimate of drug-likeness (QED) is 0.905. The normalized spacial score (nSPS) is 29.1. The highest BCUT2D eigenvalue weighted by Gasteiger charge is 2.35. The Morgan fingerprint density at radius 1 is 1.47 bits per heavy atom. The maximum Gasteiger partial charge on any atom is 0.0278 e. The smallest absolute Gasteiger partial charge is 0.0278 e. The van der Waals surface area contributed by atoms with Gasteiger partial charge in [-0.1, -0.05) is 20.8 Å². The zero-order valence-electron chi connectivity index (χ0n) is 13.0. The van der Waals surface area contributed by atoms with Crippen molar-refractivity contribution in [3.63, 3.8) is 0 Å². The van der Waals surface area contributed by atoms with Crippen molar-refractivity contribution in [3.8, 4) is 0 Å². The van der Waals surface area contributed by atoms with Crippen molar-refractivity contribution in [2.45, 2.75) is 59.2 Å². The van der Waals surface area contributed by atoms with Crippen molar-refractivity contribution in [2.24, 2.45) is 5.92 Å². The first kappa shape index (κ1) is 15.0. The van der Waals surface area contributed by atoms with Crippen LogP contribution < -0.4 is 5.32 Å². The molecule has 1 aromatic rings. The number of hydrogen-bond acceptors (Lipinski definition) is 3. The van der Waals surface area contributed by atoms with Crippen molar-refractivity contribution in [1.82, 2.24) is 10.2 Å². The van der Waals surface area contributed by atoms with Gasteiger partial charge in [-0.05, 0) is 48.1 Å². The summed E-state index contributed by atoms with van der Waals surface area (Å²) in [5.74, 6) is 0.702. The molecule has 1 N–H and O–H groups in total. The summed E-state index contributed by atoms with van der Waals surface area (Å²) < 4.78 is 0. The van der Waals surface area contributed by atoms with E-state index in [1.54, 1.807) is 0 Å². The molecule has 2 heterocycles. The number of rotatable bonds is 4. The van der Waals surface area contributed by atoms with E-state index in [0.29, 0.717) is 12.0 Å². The minimum absolute atomic E-state index is 0.273. The van der Waals surface area contributed by atoms with E-state index in [9.17, 15) is 0 Å². The van der Waals surface area contributed by atoms with Gasteiger partial charge in [-0.3, -0.25) is 4.90 Å². The molecule has 1 aromatic heterocycles. The van der Waals surface area contributed by atoms with Gasteiger partial charge in [0, 0.05) is 31.2 Å². The maximum atomic E-state index is 3.76. The Kier molecular flexibility index (Phi) is 4.70. The molecule has 0 radical (unpaired) electrons. The zero-order valence-corrected chi connectivity index (χ0v) is 13.8. The second-order valence-electron chi connectivity index (χ2n) is 6.59. The SMILES string of the molecule is CCC1(C)CN(Cc2cscc2C)C(C(C)C)CN1. The van der Waals surface area contributed by atoms with Gasteiger partial charge in [0.25, 0.3) is 0 Å².